The van der Waals surface area contributed by atoms with Crippen molar-refractivity contribution in [1.29, 1.82) is 0 Å². The van der Waals surface area contributed by atoms with E-state index in [9.17, 15) is 14.9 Å². The SMILES string of the molecule is CC1CC(=O)NC(SCc2ccc([N+](=O)[O-])cc2)N1. The summed E-state index contributed by atoms with van der Waals surface area (Å²) in [7, 11) is 0. The highest BCUT2D eigenvalue weighted by Crippen LogP contribution is 2.20. The minimum Gasteiger partial charge on any atom is -0.332 e. The maximum atomic E-state index is 11.4. The molecule has 6 nitrogen and oxygen atoms in total. The Bertz CT molecular complexity index is 478. The molecule has 7 heteroatoms. The van der Waals surface area contributed by atoms with Gasteiger partial charge in [0.25, 0.3) is 5.69 Å². The van der Waals surface area contributed by atoms with Gasteiger partial charge in [-0.15, -0.1) is 11.8 Å². The first-order valence-electron chi connectivity index (χ1n) is 5.95. The Morgan fingerprint density at radius 3 is 2.68 bits per heavy atom. The molecule has 0 aromatic heterocycles. The van der Waals surface area contributed by atoms with Crippen LogP contribution in [0, 0.1) is 10.1 Å². The number of non-ortho nitro benzene ring substituents is 1. The summed E-state index contributed by atoms with van der Waals surface area (Å²) in [4.78, 5) is 21.5. The summed E-state index contributed by atoms with van der Waals surface area (Å²) in [5, 5.41) is 16.7. The van der Waals surface area contributed by atoms with Crippen LogP contribution in [0.5, 0.6) is 0 Å². The number of rotatable bonds is 4. The van der Waals surface area contributed by atoms with Gasteiger partial charge >= 0.3 is 0 Å². The van der Waals surface area contributed by atoms with Gasteiger partial charge < -0.3 is 5.32 Å². The second kappa shape index (κ2) is 6.03. The van der Waals surface area contributed by atoms with Crippen LogP contribution >= 0.6 is 11.8 Å². The molecular weight excluding hydrogens is 266 g/mol. The van der Waals surface area contributed by atoms with Gasteiger partial charge in [0.2, 0.25) is 5.91 Å². The van der Waals surface area contributed by atoms with Crippen molar-refractivity contribution in [3.05, 3.63) is 39.9 Å². The number of benzene rings is 1. The predicted molar refractivity (Wildman–Crippen MR) is 73.5 cm³/mol. The first kappa shape index (κ1) is 13.8. The van der Waals surface area contributed by atoms with Gasteiger partial charge in [-0.3, -0.25) is 20.2 Å². The van der Waals surface area contributed by atoms with Crippen molar-refractivity contribution in [2.75, 3.05) is 0 Å². The molecule has 19 heavy (non-hydrogen) atoms. The fraction of sp³-hybridized carbons (Fsp3) is 0.417. The van der Waals surface area contributed by atoms with Crippen LogP contribution in [0.1, 0.15) is 18.9 Å². The van der Waals surface area contributed by atoms with Gasteiger partial charge in [-0.05, 0) is 12.5 Å². The van der Waals surface area contributed by atoms with Crippen molar-refractivity contribution < 1.29 is 9.72 Å². The minimum atomic E-state index is -0.415. The molecule has 0 aliphatic carbocycles. The average molecular weight is 281 g/mol. The molecule has 2 unspecified atom stereocenters. The van der Waals surface area contributed by atoms with Gasteiger partial charge in [-0.25, -0.2) is 0 Å². The molecular formula is C12H15N3O3S. The zero-order valence-corrected chi connectivity index (χ0v) is 11.3. The molecule has 1 saturated heterocycles. The van der Waals surface area contributed by atoms with E-state index in [4.69, 9.17) is 0 Å². The Morgan fingerprint density at radius 1 is 1.42 bits per heavy atom. The topological polar surface area (TPSA) is 84.3 Å². The van der Waals surface area contributed by atoms with Gasteiger partial charge in [0.05, 0.1) is 4.92 Å². The zero-order chi connectivity index (χ0) is 13.8. The molecule has 1 aliphatic heterocycles. The van der Waals surface area contributed by atoms with Crippen LogP contribution in [0.25, 0.3) is 0 Å². The van der Waals surface area contributed by atoms with Crippen molar-refractivity contribution in [1.82, 2.24) is 10.6 Å². The molecule has 1 aliphatic rings. The van der Waals surface area contributed by atoms with Crippen LogP contribution in [-0.2, 0) is 10.5 Å². The van der Waals surface area contributed by atoms with E-state index in [1.54, 1.807) is 23.9 Å². The lowest BCUT2D eigenvalue weighted by molar-refractivity contribution is -0.384. The normalized spacial score (nSPS) is 22.9. The molecule has 1 aromatic rings. The molecule has 2 N–H and O–H groups in total. The predicted octanol–water partition coefficient (Wildman–Crippen LogP) is 1.61. The number of nitro groups is 1. The van der Waals surface area contributed by atoms with Crippen LogP contribution in [0.4, 0.5) is 5.69 Å². The number of carbonyl (C=O) groups excluding carboxylic acids is 1. The Kier molecular flexibility index (Phi) is 4.39. The molecule has 1 aromatic carbocycles. The van der Waals surface area contributed by atoms with Crippen molar-refractivity contribution in [2.45, 2.75) is 30.6 Å². The molecule has 102 valence electrons. The second-order valence-electron chi connectivity index (χ2n) is 4.45. The maximum Gasteiger partial charge on any atom is 0.269 e. The summed E-state index contributed by atoms with van der Waals surface area (Å²) < 4.78 is 0. The fourth-order valence-corrected chi connectivity index (χ4v) is 2.92. The Labute approximate surface area is 115 Å². The van der Waals surface area contributed by atoms with E-state index < -0.39 is 4.92 Å². The van der Waals surface area contributed by atoms with Gasteiger partial charge in [0, 0.05) is 30.3 Å². The van der Waals surface area contributed by atoms with E-state index in [1.165, 1.54) is 12.1 Å². The van der Waals surface area contributed by atoms with Crippen LogP contribution in [-0.4, -0.2) is 22.4 Å². The summed E-state index contributed by atoms with van der Waals surface area (Å²) in [6.07, 6.45) is 0.495. The van der Waals surface area contributed by atoms with Crippen LogP contribution in [0.2, 0.25) is 0 Å². The quantitative estimate of drug-likeness (QED) is 0.647. The third kappa shape index (κ3) is 3.93. The van der Waals surface area contributed by atoms with Crippen LogP contribution < -0.4 is 10.6 Å². The summed E-state index contributed by atoms with van der Waals surface area (Å²) in [5.41, 5.74) is 0.975. The lowest BCUT2D eigenvalue weighted by Gasteiger charge is -2.29. The lowest BCUT2D eigenvalue weighted by Crippen LogP contribution is -2.53. The maximum absolute atomic E-state index is 11.4. The molecule has 0 bridgehead atoms. The standard InChI is InChI=1S/C12H15N3O3S/c1-8-6-11(16)14-12(13-8)19-7-9-2-4-10(5-3-9)15(17)18/h2-5,8,12-13H,6-7H2,1H3,(H,14,16). The van der Waals surface area contributed by atoms with Crippen LogP contribution in [0.15, 0.2) is 24.3 Å². The van der Waals surface area contributed by atoms with E-state index in [-0.39, 0.29) is 23.1 Å². The number of nitrogens with one attached hydrogen (secondary N) is 2. The summed E-state index contributed by atoms with van der Waals surface area (Å²) in [6.45, 7) is 1.97. The summed E-state index contributed by atoms with van der Waals surface area (Å²) in [6, 6.07) is 6.62. The Hall–Kier alpha value is -1.60. The smallest absolute Gasteiger partial charge is 0.269 e. The zero-order valence-electron chi connectivity index (χ0n) is 10.5. The number of hydrogen-bond donors (Lipinski definition) is 2. The first-order valence-corrected chi connectivity index (χ1v) is 7.00. The number of thioether (sulfide) groups is 1. The molecule has 1 fully saturated rings. The molecule has 2 rings (SSSR count). The van der Waals surface area contributed by atoms with Crippen LogP contribution in [0.3, 0.4) is 0 Å². The Balaban J connectivity index is 1.88. The molecule has 1 heterocycles. The van der Waals surface area contributed by atoms with Gasteiger partial charge in [0.15, 0.2) is 0 Å². The van der Waals surface area contributed by atoms with Crippen molar-refractivity contribution in [3.63, 3.8) is 0 Å². The van der Waals surface area contributed by atoms with Gasteiger partial charge in [-0.2, -0.15) is 0 Å². The first-order chi connectivity index (χ1) is 9.04. The minimum absolute atomic E-state index is 0.0486. The second-order valence-corrected chi connectivity index (χ2v) is 5.55. The van der Waals surface area contributed by atoms with E-state index in [2.05, 4.69) is 10.6 Å². The highest BCUT2D eigenvalue weighted by atomic mass is 32.2. The number of amides is 1. The molecule has 1 amide bonds. The third-order valence-corrected chi connectivity index (χ3v) is 3.87. The summed E-state index contributed by atoms with van der Waals surface area (Å²) >= 11 is 1.56. The number of nitrogens with zero attached hydrogens (tertiary/aromatic N) is 1. The third-order valence-electron chi connectivity index (χ3n) is 2.78. The van der Waals surface area contributed by atoms with Gasteiger partial charge in [0.1, 0.15) is 5.50 Å². The highest BCUT2D eigenvalue weighted by molar-refractivity contribution is 7.99. The van der Waals surface area contributed by atoms with Gasteiger partial charge in [-0.1, -0.05) is 12.1 Å². The molecule has 0 saturated carbocycles. The van der Waals surface area contributed by atoms with Crippen molar-refractivity contribution in [3.8, 4) is 0 Å². The molecule has 0 radical (unpaired) electrons. The highest BCUT2D eigenvalue weighted by Gasteiger charge is 2.22. The van der Waals surface area contributed by atoms with Crippen molar-refractivity contribution in [2.24, 2.45) is 0 Å². The average Bonchev–Trinajstić information content (AvgIpc) is 2.36. The number of carbonyl (C=O) groups is 1. The Morgan fingerprint density at radius 2 is 2.11 bits per heavy atom. The largest absolute Gasteiger partial charge is 0.332 e. The molecule has 0 spiro atoms. The molecule has 2 atom stereocenters. The van der Waals surface area contributed by atoms with Crippen molar-refractivity contribution >= 4 is 23.4 Å². The monoisotopic (exact) mass is 281 g/mol. The number of hydrogen-bond acceptors (Lipinski definition) is 5. The number of nitro benzene ring substituents is 1. The van der Waals surface area contributed by atoms with E-state index in [1.807, 2.05) is 6.92 Å². The van der Waals surface area contributed by atoms with E-state index in [0.29, 0.717) is 12.2 Å². The fourth-order valence-electron chi connectivity index (χ4n) is 1.83. The van der Waals surface area contributed by atoms with E-state index in [0.717, 1.165) is 5.56 Å². The lowest BCUT2D eigenvalue weighted by atomic mass is 10.2. The van der Waals surface area contributed by atoms with E-state index >= 15 is 0 Å². The summed E-state index contributed by atoms with van der Waals surface area (Å²) in [5.74, 6) is 0.732.